The fourth-order valence-corrected chi connectivity index (χ4v) is 3.96. The van der Waals surface area contributed by atoms with Crippen molar-refractivity contribution in [2.45, 2.75) is 6.92 Å². The van der Waals surface area contributed by atoms with Gasteiger partial charge in [0.2, 0.25) is 0 Å². The van der Waals surface area contributed by atoms with E-state index in [-0.39, 0.29) is 0 Å². The highest BCUT2D eigenvalue weighted by Gasteiger charge is 2.14. The molecule has 0 bridgehead atoms. The highest BCUT2D eigenvalue weighted by molar-refractivity contribution is 6.21. The van der Waals surface area contributed by atoms with Crippen LogP contribution >= 0.6 is 0 Å². The number of anilines is 2. The second-order valence-corrected chi connectivity index (χ2v) is 7.20. The Morgan fingerprint density at radius 2 is 1.00 bits per heavy atom. The van der Waals surface area contributed by atoms with Crippen LogP contribution in [0.25, 0.3) is 32.7 Å². The normalized spacial score (nSPS) is 11.0. The minimum Gasteiger partial charge on any atom is -0.355 e. The Kier molecular flexibility index (Phi) is 4.06. The highest BCUT2D eigenvalue weighted by atomic mass is 14.9. The van der Waals surface area contributed by atoms with E-state index in [1.165, 1.54) is 38.2 Å². The first-order valence-electron chi connectivity index (χ1n) is 9.64. The molecular weight excluding hydrogens is 338 g/mol. The first-order chi connectivity index (χ1) is 13.8. The van der Waals surface area contributed by atoms with Gasteiger partial charge in [-0.25, -0.2) is 0 Å². The third-order valence-electron chi connectivity index (χ3n) is 5.31. The van der Waals surface area contributed by atoms with Gasteiger partial charge in [-0.2, -0.15) is 0 Å². The molecule has 5 aromatic rings. The number of fused-ring (bicyclic) bond motifs is 2. The second-order valence-electron chi connectivity index (χ2n) is 7.20. The number of rotatable bonds is 3. The monoisotopic (exact) mass is 359 g/mol. The molecule has 0 spiro atoms. The summed E-state index contributed by atoms with van der Waals surface area (Å²) >= 11 is 0. The smallest absolute Gasteiger partial charge is 0.0544 e. The molecule has 134 valence electrons. The van der Waals surface area contributed by atoms with Gasteiger partial charge in [0.15, 0.2) is 0 Å². The summed E-state index contributed by atoms with van der Waals surface area (Å²) in [7, 11) is 0. The lowest BCUT2D eigenvalue weighted by Gasteiger charge is -2.18. The average Bonchev–Trinajstić information content (AvgIpc) is 2.76. The fourth-order valence-electron chi connectivity index (χ4n) is 3.96. The molecule has 5 rings (SSSR count). The summed E-state index contributed by atoms with van der Waals surface area (Å²) in [6.07, 6.45) is 0. The lowest BCUT2D eigenvalue weighted by molar-refractivity contribution is 1.46. The highest BCUT2D eigenvalue weighted by Crippen LogP contribution is 2.42. The Balaban J connectivity index is 1.85. The van der Waals surface area contributed by atoms with Crippen LogP contribution in [0.15, 0.2) is 103 Å². The van der Waals surface area contributed by atoms with E-state index in [4.69, 9.17) is 0 Å². The molecule has 0 aliphatic heterocycles. The van der Waals surface area contributed by atoms with E-state index in [2.05, 4.69) is 115 Å². The van der Waals surface area contributed by atoms with Crippen molar-refractivity contribution in [3.05, 3.63) is 109 Å². The summed E-state index contributed by atoms with van der Waals surface area (Å²) in [5.41, 5.74) is 6.07. The van der Waals surface area contributed by atoms with E-state index in [0.29, 0.717) is 0 Å². The Morgan fingerprint density at radius 3 is 1.57 bits per heavy atom. The van der Waals surface area contributed by atoms with Crippen molar-refractivity contribution >= 4 is 32.9 Å². The van der Waals surface area contributed by atoms with E-state index in [9.17, 15) is 0 Å². The van der Waals surface area contributed by atoms with Crippen LogP contribution in [0.3, 0.4) is 0 Å². The molecule has 0 fully saturated rings. The zero-order valence-electron chi connectivity index (χ0n) is 15.8. The van der Waals surface area contributed by atoms with Gasteiger partial charge in [-0.05, 0) is 41.0 Å². The van der Waals surface area contributed by atoms with Crippen LogP contribution in [0.5, 0.6) is 0 Å². The maximum Gasteiger partial charge on any atom is 0.0544 e. The molecule has 0 atom stereocenters. The molecule has 0 amide bonds. The van der Waals surface area contributed by atoms with E-state index in [0.717, 1.165) is 11.4 Å². The first-order valence-corrected chi connectivity index (χ1v) is 9.64. The Hall–Kier alpha value is -3.58. The van der Waals surface area contributed by atoms with E-state index >= 15 is 0 Å². The molecular formula is C27H21N. The number of aryl methyl sites for hydroxylation is 1. The van der Waals surface area contributed by atoms with Crippen LogP contribution < -0.4 is 5.32 Å². The predicted molar refractivity (Wildman–Crippen MR) is 121 cm³/mol. The third-order valence-corrected chi connectivity index (χ3v) is 5.31. The quantitative estimate of drug-likeness (QED) is 0.325. The van der Waals surface area contributed by atoms with Gasteiger partial charge >= 0.3 is 0 Å². The van der Waals surface area contributed by atoms with Crippen LogP contribution in [0.4, 0.5) is 11.4 Å². The van der Waals surface area contributed by atoms with E-state index in [1.54, 1.807) is 0 Å². The standard InChI is InChI=1S/C27H21N/c1-19-15-17-21(18-16-19)28-27-24-13-7-5-11-22(24)26(20-9-3-2-4-10-20)23-12-6-8-14-25(23)27/h2-18,28H,1H3. The molecule has 0 aliphatic rings. The molecule has 28 heavy (non-hydrogen) atoms. The van der Waals surface area contributed by atoms with Crippen molar-refractivity contribution in [1.82, 2.24) is 0 Å². The lowest BCUT2D eigenvalue weighted by Crippen LogP contribution is -1.95. The molecule has 0 heterocycles. The summed E-state index contributed by atoms with van der Waals surface area (Å²) in [4.78, 5) is 0. The van der Waals surface area contributed by atoms with E-state index < -0.39 is 0 Å². The van der Waals surface area contributed by atoms with Crippen LogP contribution in [0.1, 0.15) is 5.56 Å². The summed E-state index contributed by atoms with van der Waals surface area (Å²) in [5.74, 6) is 0. The molecule has 1 heteroatoms. The number of hydrogen-bond donors (Lipinski definition) is 1. The topological polar surface area (TPSA) is 12.0 Å². The molecule has 0 saturated carbocycles. The van der Waals surface area contributed by atoms with Crippen LogP contribution in [-0.4, -0.2) is 0 Å². The number of nitrogens with one attached hydrogen (secondary N) is 1. The summed E-state index contributed by atoms with van der Waals surface area (Å²) in [5, 5.41) is 8.70. The summed E-state index contributed by atoms with van der Waals surface area (Å²) < 4.78 is 0. The fraction of sp³-hybridized carbons (Fsp3) is 0.0370. The largest absolute Gasteiger partial charge is 0.355 e. The Morgan fingerprint density at radius 1 is 0.500 bits per heavy atom. The van der Waals surface area contributed by atoms with E-state index in [1.807, 2.05) is 0 Å². The SMILES string of the molecule is Cc1ccc(Nc2c3ccccc3c(-c3ccccc3)c3ccccc23)cc1. The van der Waals surface area contributed by atoms with Gasteiger partial charge in [-0.3, -0.25) is 0 Å². The van der Waals surface area contributed by atoms with Crippen molar-refractivity contribution < 1.29 is 0 Å². The molecule has 0 aliphatic carbocycles. The molecule has 1 nitrogen and oxygen atoms in total. The minimum atomic E-state index is 1.10. The van der Waals surface area contributed by atoms with Crippen molar-refractivity contribution in [1.29, 1.82) is 0 Å². The Labute approximate surface area is 165 Å². The van der Waals surface area contributed by atoms with Crippen LogP contribution in [0, 0.1) is 6.92 Å². The van der Waals surface area contributed by atoms with Gasteiger partial charge < -0.3 is 5.32 Å². The molecule has 0 unspecified atom stereocenters. The van der Waals surface area contributed by atoms with Crippen molar-refractivity contribution in [2.24, 2.45) is 0 Å². The van der Waals surface area contributed by atoms with Crippen LogP contribution in [0.2, 0.25) is 0 Å². The predicted octanol–water partition coefficient (Wildman–Crippen LogP) is 7.71. The van der Waals surface area contributed by atoms with Crippen molar-refractivity contribution in [2.75, 3.05) is 5.32 Å². The number of benzene rings is 5. The lowest BCUT2D eigenvalue weighted by atomic mass is 9.90. The molecule has 0 radical (unpaired) electrons. The van der Waals surface area contributed by atoms with Gasteiger partial charge in [0, 0.05) is 16.5 Å². The van der Waals surface area contributed by atoms with Crippen LogP contribution in [-0.2, 0) is 0 Å². The minimum absolute atomic E-state index is 1.10. The second kappa shape index (κ2) is 6.86. The molecule has 1 N–H and O–H groups in total. The molecule has 0 saturated heterocycles. The van der Waals surface area contributed by atoms with Gasteiger partial charge in [0.05, 0.1) is 5.69 Å². The first kappa shape index (κ1) is 16.6. The van der Waals surface area contributed by atoms with Crippen molar-refractivity contribution in [3.8, 4) is 11.1 Å². The van der Waals surface area contributed by atoms with Gasteiger partial charge in [-0.1, -0.05) is 96.6 Å². The number of hydrogen-bond acceptors (Lipinski definition) is 1. The van der Waals surface area contributed by atoms with Gasteiger partial charge in [0.25, 0.3) is 0 Å². The average molecular weight is 359 g/mol. The molecule has 5 aromatic carbocycles. The summed E-state index contributed by atoms with van der Waals surface area (Å²) in [6.45, 7) is 2.11. The summed E-state index contributed by atoms with van der Waals surface area (Å²) in [6, 6.07) is 36.6. The zero-order valence-corrected chi connectivity index (χ0v) is 15.8. The maximum absolute atomic E-state index is 3.70. The van der Waals surface area contributed by atoms with Gasteiger partial charge in [-0.15, -0.1) is 0 Å². The molecule has 0 aromatic heterocycles. The van der Waals surface area contributed by atoms with Gasteiger partial charge in [0.1, 0.15) is 0 Å². The Bertz CT molecular complexity index is 1210. The third kappa shape index (κ3) is 2.82. The maximum atomic E-state index is 3.70. The zero-order chi connectivity index (χ0) is 18.9. The van der Waals surface area contributed by atoms with Crippen molar-refractivity contribution in [3.63, 3.8) is 0 Å².